The maximum Gasteiger partial charge on any atom is 0.144 e. The van der Waals surface area contributed by atoms with Gasteiger partial charge in [0.2, 0.25) is 0 Å². The monoisotopic (exact) mass is 263 g/mol. The van der Waals surface area contributed by atoms with Crippen LogP contribution in [-0.4, -0.2) is 38.7 Å². The number of Topliss-reactive ketones (excluding diaryl/α,β-unsaturated/α-hetero) is 1. The standard InChI is InChI=1S/C15H21NO3/c1-3-16-13-10-19-9-12(13)14(17)8-11-6-4-5-7-15(11)18-2/h4-7,12-13,16H,3,8-10H2,1-2H3. The summed E-state index contributed by atoms with van der Waals surface area (Å²) in [7, 11) is 1.63. The fourth-order valence-corrected chi connectivity index (χ4v) is 2.50. The van der Waals surface area contributed by atoms with Crippen molar-refractivity contribution in [1.29, 1.82) is 0 Å². The average Bonchev–Trinajstić information content (AvgIpc) is 2.88. The highest BCUT2D eigenvalue weighted by Gasteiger charge is 2.33. The predicted octanol–water partition coefficient (Wildman–Crippen LogP) is 1.43. The zero-order valence-electron chi connectivity index (χ0n) is 11.5. The Hall–Kier alpha value is -1.39. The first-order valence-corrected chi connectivity index (χ1v) is 6.72. The van der Waals surface area contributed by atoms with E-state index in [2.05, 4.69) is 5.32 Å². The summed E-state index contributed by atoms with van der Waals surface area (Å²) in [6.45, 7) is 4.04. The van der Waals surface area contributed by atoms with Gasteiger partial charge in [0.05, 0.1) is 26.2 Å². The first kappa shape index (κ1) is 14.0. The lowest BCUT2D eigenvalue weighted by Crippen LogP contribution is -2.39. The van der Waals surface area contributed by atoms with E-state index in [0.717, 1.165) is 17.9 Å². The highest BCUT2D eigenvalue weighted by atomic mass is 16.5. The van der Waals surface area contributed by atoms with Gasteiger partial charge >= 0.3 is 0 Å². The van der Waals surface area contributed by atoms with E-state index in [1.165, 1.54) is 0 Å². The number of ether oxygens (including phenoxy) is 2. The van der Waals surface area contributed by atoms with E-state index in [9.17, 15) is 4.79 Å². The molecule has 0 aliphatic carbocycles. The molecule has 1 aliphatic heterocycles. The number of nitrogens with one attached hydrogen (secondary N) is 1. The van der Waals surface area contributed by atoms with Crippen LogP contribution in [0.2, 0.25) is 0 Å². The lowest BCUT2D eigenvalue weighted by molar-refractivity contribution is -0.122. The van der Waals surface area contributed by atoms with E-state index in [4.69, 9.17) is 9.47 Å². The molecule has 1 aliphatic rings. The molecule has 0 aromatic heterocycles. The molecule has 0 bridgehead atoms. The number of ketones is 1. The highest BCUT2D eigenvalue weighted by Crippen LogP contribution is 2.22. The van der Waals surface area contributed by atoms with Gasteiger partial charge in [0.1, 0.15) is 11.5 Å². The van der Waals surface area contributed by atoms with Crippen LogP contribution in [0.3, 0.4) is 0 Å². The van der Waals surface area contributed by atoms with Crippen LogP contribution in [0.4, 0.5) is 0 Å². The average molecular weight is 263 g/mol. The summed E-state index contributed by atoms with van der Waals surface area (Å²) in [4.78, 5) is 12.4. The maximum atomic E-state index is 12.4. The Kier molecular flexibility index (Phi) is 4.93. The van der Waals surface area contributed by atoms with Gasteiger partial charge in [-0.3, -0.25) is 4.79 Å². The lowest BCUT2D eigenvalue weighted by atomic mass is 9.93. The minimum absolute atomic E-state index is 0.0511. The normalized spacial score (nSPS) is 22.4. The maximum absolute atomic E-state index is 12.4. The third kappa shape index (κ3) is 3.33. The van der Waals surface area contributed by atoms with Gasteiger partial charge in [-0.15, -0.1) is 0 Å². The van der Waals surface area contributed by atoms with Crippen molar-refractivity contribution in [2.45, 2.75) is 19.4 Å². The number of carbonyl (C=O) groups is 1. The molecule has 2 rings (SSSR count). The molecule has 1 fully saturated rings. The number of methoxy groups -OCH3 is 1. The molecule has 19 heavy (non-hydrogen) atoms. The zero-order chi connectivity index (χ0) is 13.7. The summed E-state index contributed by atoms with van der Waals surface area (Å²) >= 11 is 0. The van der Waals surface area contributed by atoms with Gasteiger partial charge in [0.25, 0.3) is 0 Å². The minimum Gasteiger partial charge on any atom is -0.496 e. The molecule has 4 nitrogen and oxygen atoms in total. The molecular weight excluding hydrogens is 242 g/mol. The first-order valence-electron chi connectivity index (χ1n) is 6.72. The van der Waals surface area contributed by atoms with Crippen LogP contribution in [0.15, 0.2) is 24.3 Å². The van der Waals surface area contributed by atoms with Gasteiger partial charge in [0, 0.05) is 18.0 Å². The second kappa shape index (κ2) is 6.68. The molecule has 0 amide bonds. The fourth-order valence-electron chi connectivity index (χ4n) is 2.50. The van der Waals surface area contributed by atoms with Crippen molar-refractivity contribution in [1.82, 2.24) is 5.32 Å². The van der Waals surface area contributed by atoms with Gasteiger partial charge in [-0.1, -0.05) is 25.1 Å². The van der Waals surface area contributed by atoms with Crippen LogP contribution >= 0.6 is 0 Å². The number of hydrogen-bond acceptors (Lipinski definition) is 4. The van der Waals surface area contributed by atoms with Crippen LogP contribution < -0.4 is 10.1 Å². The van der Waals surface area contributed by atoms with Crippen molar-refractivity contribution in [3.8, 4) is 5.75 Å². The van der Waals surface area contributed by atoms with Gasteiger partial charge < -0.3 is 14.8 Å². The predicted molar refractivity (Wildman–Crippen MR) is 73.5 cm³/mol. The summed E-state index contributed by atoms with van der Waals surface area (Å²) in [5, 5.41) is 3.31. The third-order valence-corrected chi connectivity index (χ3v) is 3.52. The molecule has 0 spiro atoms. The molecule has 104 valence electrons. The van der Waals surface area contributed by atoms with Crippen molar-refractivity contribution >= 4 is 5.78 Å². The number of carbonyl (C=O) groups excluding carboxylic acids is 1. The SMILES string of the molecule is CCNC1COCC1C(=O)Cc1ccccc1OC. The quantitative estimate of drug-likeness (QED) is 0.843. The molecule has 2 unspecified atom stereocenters. The molecule has 0 radical (unpaired) electrons. The molecule has 0 saturated carbocycles. The van der Waals surface area contributed by atoms with E-state index in [0.29, 0.717) is 19.6 Å². The summed E-state index contributed by atoms with van der Waals surface area (Å²) in [6.07, 6.45) is 0.403. The lowest BCUT2D eigenvalue weighted by Gasteiger charge is -2.17. The van der Waals surface area contributed by atoms with Crippen LogP contribution in [-0.2, 0) is 16.0 Å². The number of likely N-dealkylation sites (N-methyl/N-ethyl adjacent to an activating group) is 1. The van der Waals surface area contributed by atoms with Crippen molar-refractivity contribution in [3.05, 3.63) is 29.8 Å². The molecule has 1 saturated heterocycles. The van der Waals surface area contributed by atoms with E-state index in [-0.39, 0.29) is 17.7 Å². The third-order valence-electron chi connectivity index (χ3n) is 3.52. The number of hydrogen-bond donors (Lipinski definition) is 1. The van der Waals surface area contributed by atoms with Crippen LogP contribution in [0.5, 0.6) is 5.75 Å². The molecule has 1 heterocycles. The summed E-state index contributed by atoms with van der Waals surface area (Å²) < 4.78 is 10.7. The Bertz CT molecular complexity index is 433. The van der Waals surface area contributed by atoms with E-state index in [1.54, 1.807) is 7.11 Å². The van der Waals surface area contributed by atoms with Gasteiger partial charge in [0.15, 0.2) is 0 Å². The Morgan fingerprint density at radius 1 is 1.42 bits per heavy atom. The Balaban J connectivity index is 2.04. The van der Waals surface area contributed by atoms with Crippen molar-refractivity contribution in [3.63, 3.8) is 0 Å². The molecule has 2 atom stereocenters. The number of rotatable bonds is 6. The second-order valence-electron chi connectivity index (χ2n) is 4.76. The Morgan fingerprint density at radius 3 is 2.95 bits per heavy atom. The molecule has 1 aromatic carbocycles. The van der Waals surface area contributed by atoms with Crippen LogP contribution in [0.1, 0.15) is 12.5 Å². The topological polar surface area (TPSA) is 47.6 Å². The van der Waals surface area contributed by atoms with E-state index < -0.39 is 0 Å². The van der Waals surface area contributed by atoms with Crippen LogP contribution in [0.25, 0.3) is 0 Å². The molecule has 1 aromatic rings. The van der Waals surface area contributed by atoms with Gasteiger partial charge in [-0.25, -0.2) is 0 Å². The largest absolute Gasteiger partial charge is 0.496 e. The summed E-state index contributed by atoms with van der Waals surface area (Å²) in [6, 6.07) is 7.81. The number of benzene rings is 1. The summed E-state index contributed by atoms with van der Waals surface area (Å²) in [5.41, 5.74) is 0.942. The fraction of sp³-hybridized carbons (Fsp3) is 0.533. The first-order chi connectivity index (χ1) is 9.26. The second-order valence-corrected chi connectivity index (χ2v) is 4.76. The minimum atomic E-state index is -0.0511. The van der Waals surface area contributed by atoms with Crippen molar-refractivity contribution < 1.29 is 14.3 Å². The van der Waals surface area contributed by atoms with Crippen LogP contribution in [0, 0.1) is 5.92 Å². The highest BCUT2D eigenvalue weighted by molar-refractivity contribution is 5.85. The van der Waals surface area contributed by atoms with E-state index >= 15 is 0 Å². The zero-order valence-corrected chi connectivity index (χ0v) is 11.5. The Labute approximate surface area is 114 Å². The van der Waals surface area contributed by atoms with Crippen molar-refractivity contribution in [2.75, 3.05) is 26.9 Å². The summed E-state index contributed by atoms with van der Waals surface area (Å²) in [5.74, 6) is 0.938. The molecular formula is C15H21NO3. The molecule has 1 N–H and O–H groups in total. The smallest absolute Gasteiger partial charge is 0.144 e. The van der Waals surface area contributed by atoms with E-state index in [1.807, 2.05) is 31.2 Å². The Morgan fingerprint density at radius 2 is 2.21 bits per heavy atom. The number of para-hydroxylation sites is 1. The van der Waals surface area contributed by atoms with Gasteiger partial charge in [-0.2, -0.15) is 0 Å². The van der Waals surface area contributed by atoms with Crippen molar-refractivity contribution in [2.24, 2.45) is 5.92 Å². The molecule has 4 heteroatoms. The van der Waals surface area contributed by atoms with Gasteiger partial charge in [-0.05, 0) is 12.6 Å².